The highest BCUT2D eigenvalue weighted by Gasteiger charge is 2.38. The van der Waals surface area contributed by atoms with E-state index in [1.807, 2.05) is 12.1 Å². The van der Waals surface area contributed by atoms with Crippen LogP contribution in [0.15, 0.2) is 42.9 Å². The third-order valence-corrected chi connectivity index (χ3v) is 3.44. The van der Waals surface area contributed by atoms with Crippen molar-refractivity contribution in [3.63, 3.8) is 0 Å². The molecule has 0 aliphatic carbocycles. The van der Waals surface area contributed by atoms with Gasteiger partial charge in [0.05, 0.1) is 11.2 Å². The van der Waals surface area contributed by atoms with Gasteiger partial charge in [0.25, 0.3) is 0 Å². The molecule has 0 saturated heterocycles. The molecule has 0 bridgehead atoms. The van der Waals surface area contributed by atoms with Gasteiger partial charge >= 0.3 is 18.1 Å². The fraction of sp³-hybridized carbons (Fsp3) is 0.176. The zero-order valence-corrected chi connectivity index (χ0v) is 14.6. The van der Waals surface area contributed by atoms with Crippen molar-refractivity contribution in [1.82, 2.24) is 14.5 Å². The smallest absolute Gasteiger partial charge is 0.480 e. The lowest BCUT2D eigenvalue weighted by Crippen LogP contribution is -2.21. The molecule has 12 heteroatoms. The Kier molecular flexibility index (Phi) is 6.72. The van der Waals surface area contributed by atoms with E-state index in [-0.39, 0.29) is 6.54 Å². The summed E-state index contributed by atoms with van der Waals surface area (Å²) in [4.78, 5) is 27.8. The van der Waals surface area contributed by atoms with Crippen LogP contribution in [0.3, 0.4) is 0 Å². The third kappa shape index (κ3) is 5.90. The van der Waals surface area contributed by atoms with Crippen molar-refractivity contribution in [3.05, 3.63) is 48.5 Å². The monoisotopic (exact) mass is 412 g/mol. The number of halogens is 3. The normalized spacial score (nSPS) is 10.9. The molecule has 29 heavy (non-hydrogen) atoms. The summed E-state index contributed by atoms with van der Waals surface area (Å²) in [6.07, 6.45) is -1.97. The molecule has 154 valence electrons. The van der Waals surface area contributed by atoms with Crippen molar-refractivity contribution in [1.29, 1.82) is 0 Å². The van der Waals surface area contributed by atoms with Gasteiger partial charge in [0.1, 0.15) is 18.6 Å². The van der Waals surface area contributed by atoms with Crippen LogP contribution < -0.4 is 10.5 Å². The minimum Gasteiger partial charge on any atom is -0.480 e. The van der Waals surface area contributed by atoms with E-state index in [1.54, 1.807) is 29.0 Å². The van der Waals surface area contributed by atoms with Crippen LogP contribution in [0, 0.1) is 0 Å². The topological polar surface area (TPSA) is 141 Å². The number of aliphatic carboxylic acids is 2. The Balaban J connectivity index is 0.000000370. The number of hydrogen-bond donors (Lipinski definition) is 3. The largest absolute Gasteiger partial charge is 0.490 e. The molecule has 0 saturated carbocycles. The number of carboxylic acids is 2. The molecule has 2 aromatic heterocycles. The molecule has 0 spiro atoms. The summed E-state index contributed by atoms with van der Waals surface area (Å²) in [5.41, 5.74) is 7.01. The van der Waals surface area contributed by atoms with Crippen molar-refractivity contribution in [2.45, 2.75) is 19.3 Å². The van der Waals surface area contributed by atoms with Crippen LogP contribution in [-0.2, 0) is 22.7 Å². The van der Waals surface area contributed by atoms with Gasteiger partial charge in [-0.2, -0.15) is 13.2 Å². The first-order chi connectivity index (χ1) is 13.6. The van der Waals surface area contributed by atoms with Gasteiger partial charge in [0.2, 0.25) is 5.88 Å². The number of alkyl halides is 3. The molecule has 0 fully saturated rings. The van der Waals surface area contributed by atoms with E-state index in [1.165, 1.54) is 6.33 Å². The third-order valence-electron chi connectivity index (χ3n) is 3.44. The number of carboxylic acid groups (broad SMARTS) is 2. The molecule has 3 aromatic rings. The van der Waals surface area contributed by atoms with E-state index < -0.39 is 18.1 Å². The van der Waals surface area contributed by atoms with Gasteiger partial charge in [0.15, 0.2) is 0 Å². The lowest BCUT2D eigenvalue weighted by molar-refractivity contribution is -0.192. The quantitative estimate of drug-likeness (QED) is 0.580. The molecule has 3 rings (SSSR count). The van der Waals surface area contributed by atoms with Crippen molar-refractivity contribution >= 4 is 22.8 Å². The van der Waals surface area contributed by atoms with E-state index in [9.17, 15) is 18.0 Å². The number of benzene rings is 1. The number of fused-ring (bicyclic) bond motifs is 1. The predicted octanol–water partition coefficient (Wildman–Crippen LogP) is 2.40. The number of aromatic nitrogens is 3. The Morgan fingerprint density at radius 2 is 1.86 bits per heavy atom. The van der Waals surface area contributed by atoms with E-state index >= 15 is 0 Å². The number of nitrogens with two attached hydrogens (primary N) is 1. The maximum atomic E-state index is 10.9. The molecule has 0 aliphatic rings. The summed E-state index contributed by atoms with van der Waals surface area (Å²) >= 11 is 0. The van der Waals surface area contributed by atoms with E-state index in [0.29, 0.717) is 23.9 Å². The summed E-state index contributed by atoms with van der Waals surface area (Å²) in [6.45, 7) is 0.204. The van der Waals surface area contributed by atoms with Crippen molar-refractivity contribution in [2.24, 2.45) is 5.73 Å². The minimum atomic E-state index is -5.08. The van der Waals surface area contributed by atoms with Crippen molar-refractivity contribution in [2.75, 3.05) is 0 Å². The second-order valence-corrected chi connectivity index (χ2v) is 5.48. The van der Waals surface area contributed by atoms with E-state index in [2.05, 4.69) is 9.97 Å². The highest BCUT2D eigenvalue weighted by molar-refractivity contribution is 5.87. The molecule has 0 atom stereocenters. The van der Waals surface area contributed by atoms with E-state index in [0.717, 1.165) is 10.9 Å². The summed E-state index contributed by atoms with van der Waals surface area (Å²) in [7, 11) is 0. The second kappa shape index (κ2) is 9.01. The van der Waals surface area contributed by atoms with Gasteiger partial charge in [-0.15, -0.1) is 0 Å². The molecule has 1 aromatic carbocycles. The Morgan fingerprint density at radius 3 is 2.45 bits per heavy atom. The summed E-state index contributed by atoms with van der Waals surface area (Å²) < 4.78 is 39.2. The molecular formula is C17H15F3N4O5. The van der Waals surface area contributed by atoms with Crippen LogP contribution in [0.1, 0.15) is 5.69 Å². The van der Waals surface area contributed by atoms with Crippen LogP contribution in [0.5, 0.6) is 11.6 Å². The molecule has 4 N–H and O–H groups in total. The van der Waals surface area contributed by atoms with Gasteiger partial charge in [-0.25, -0.2) is 14.8 Å². The highest BCUT2D eigenvalue weighted by Crippen LogP contribution is 2.30. The molecule has 0 unspecified atom stereocenters. The Bertz CT molecular complexity index is 1020. The van der Waals surface area contributed by atoms with Crippen molar-refractivity contribution in [3.8, 4) is 11.6 Å². The molecule has 0 aliphatic heterocycles. The maximum Gasteiger partial charge on any atom is 0.490 e. The number of ether oxygens (including phenoxy) is 1. The molecule has 0 amide bonds. The fourth-order valence-electron chi connectivity index (χ4n) is 2.22. The molecular weight excluding hydrogens is 397 g/mol. The first-order valence-electron chi connectivity index (χ1n) is 7.90. The minimum absolute atomic E-state index is 0.0994. The van der Waals surface area contributed by atoms with Crippen molar-refractivity contribution < 1.29 is 37.7 Å². The van der Waals surface area contributed by atoms with Crippen LogP contribution in [0.2, 0.25) is 0 Å². The lowest BCUT2D eigenvalue weighted by atomic mass is 10.2. The number of carbonyl (C=O) groups is 2. The van der Waals surface area contributed by atoms with E-state index in [4.69, 9.17) is 25.5 Å². The first-order valence-corrected chi connectivity index (χ1v) is 7.90. The van der Waals surface area contributed by atoms with Gasteiger partial charge in [-0.05, 0) is 18.2 Å². The van der Waals surface area contributed by atoms with Crippen LogP contribution in [-0.4, -0.2) is 42.9 Å². The zero-order chi connectivity index (χ0) is 21.6. The molecule has 0 radical (unpaired) electrons. The number of nitrogens with zero attached hydrogens (tertiary/aromatic N) is 3. The second-order valence-electron chi connectivity index (χ2n) is 5.48. The van der Waals surface area contributed by atoms with Crippen LogP contribution >= 0.6 is 0 Å². The van der Waals surface area contributed by atoms with Crippen LogP contribution in [0.25, 0.3) is 10.9 Å². The average Bonchev–Trinajstić information content (AvgIpc) is 3.05. The molecule has 2 heterocycles. The average molecular weight is 412 g/mol. The van der Waals surface area contributed by atoms with Crippen LogP contribution in [0.4, 0.5) is 13.2 Å². The van der Waals surface area contributed by atoms with Gasteiger partial charge in [-0.1, -0.05) is 6.07 Å². The van der Waals surface area contributed by atoms with Gasteiger partial charge < -0.3 is 25.3 Å². The summed E-state index contributed by atoms with van der Waals surface area (Å²) in [5.74, 6) is -2.66. The summed E-state index contributed by atoms with van der Waals surface area (Å²) in [6, 6.07) is 8.95. The predicted molar refractivity (Wildman–Crippen MR) is 93.3 cm³/mol. The first kappa shape index (κ1) is 21.6. The molecule has 9 nitrogen and oxygen atoms in total. The SMILES string of the molecule is NCc1cc(Oc2cccc3c2ccn3CC(=O)O)ncn1.O=C(O)C(F)(F)F. The number of hydrogen-bond acceptors (Lipinski definition) is 6. The standard InChI is InChI=1S/C15H14N4O3.C2HF3O2/c16-7-10-6-14(18-9-17-10)22-13-3-1-2-12-11(13)4-5-19(12)8-15(20)21;3-2(4,5)1(6)7/h1-6,9H,7-8,16H2,(H,20,21);(H,6,7). The Labute approximate surface area is 161 Å². The lowest BCUT2D eigenvalue weighted by Gasteiger charge is -2.07. The van der Waals surface area contributed by atoms with Gasteiger partial charge in [-0.3, -0.25) is 4.79 Å². The number of rotatable bonds is 5. The Morgan fingerprint density at radius 1 is 1.17 bits per heavy atom. The fourth-order valence-corrected chi connectivity index (χ4v) is 2.22. The highest BCUT2D eigenvalue weighted by atomic mass is 19.4. The summed E-state index contributed by atoms with van der Waals surface area (Å²) in [5, 5.41) is 16.9. The Hall–Kier alpha value is -3.67. The zero-order valence-electron chi connectivity index (χ0n) is 14.6. The van der Waals surface area contributed by atoms with Gasteiger partial charge in [0, 0.05) is 24.2 Å². The maximum absolute atomic E-state index is 10.9.